The minimum Gasteiger partial charge on any atom is -0.477 e. The molecular formula is C13H15N3O3. The van der Waals surface area contributed by atoms with Crippen LogP contribution in [0.1, 0.15) is 22.8 Å². The first-order chi connectivity index (χ1) is 9.13. The molecule has 0 unspecified atom stereocenters. The summed E-state index contributed by atoms with van der Waals surface area (Å²) in [5.41, 5.74) is -0.644. The SMILES string of the molecule is [C-]#[N+]CCN1CC[C@@H](n2cccc(C(=O)O)c2=O)C1. The quantitative estimate of drug-likeness (QED) is 0.811. The van der Waals surface area contributed by atoms with Gasteiger partial charge in [0.15, 0.2) is 0 Å². The van der Waals surface area contributed by atoms with Gasteiger partial charge in [0, 0.05) is 19.3 Å². The molecule has 1 aliphatic heterocycles. The zero-order valence-electron chi connectivity index (χ0n) is 10.5. The minimum absolute atomic E-state index is 0.00228. The Hall–Kier alpha value is -2.13. The van der Waals surface area contributed by atoms with Gasteiger partial charge in [0.25, 0.3) is 5.56 Å². The van der Waals surface area contributed by atoms with Crippen molar-refractivity contribution < 1.29 is 9.90 Å². The fourth-order valence-corrected chi connectivity index (χ4v) is 2.39. The monoisotopic (exact) mass is 261 g/mol. The number of carbonyl (C=O) groups is 1. The van der Waals surface area contributed by atoms with E-state index in [0.717, 1.165) is 13.0 Å². The lowest BCUT2D eigenvalue weighted by atomic mass is 10.2. The van der Waals surface area contributed by atoms with E-state index >= 15 is 0 Å². The second-order valence-corrected chi connectivity index (χ2v) is 4.56. The number of aromatic nitrogens is 1. The van der Waals surface area contributed by atoms with Gasteiger partial charge in [-0.25, -0.2) is 11.4 Å². The Kier molecular flexibility index (Phi) is 3.97. The molecule has 0 bridgehead atoms. The second kappa shape index (κ2) is 5.67. The summed E-state index contributed by atoms with van der Waals surface area (Å²) in [6, 6.07) is 2.91. The number of hydrogen-bond donors (Lipinski definition) is 1. The van der Waals surface area contributed by atoms with Crippen LogP contribution in [0.15, 0.2) is 23.1 Å². The molecule has 2 rings (SSSR count). The number of likely N-dealkylation sites (tertiary alicyclic amines) is 1. The van der Waals surface area contributed by atoms with Gasteiger partial charge < -0.3 is 14.5 Å². The molecule has 0 amide bonds. The molecular weight excluding hydrogens is 246 g/mol. The predicted octanol–water partition coefficient (Wildman–Crippen LogP) is 0.713. The van der Waals surface area contributed by atoms with Crippen LogP contribution in [0.25, 0.3) is 4.85 Å². The standard InChI is InChI=1S/C13H15N3O3/c1-14-5-8-15-7-4-10(9-15)16-6-2-3-11(12(16)17)13(18)19/h2-3,6,10H,4-5,7-9H2,(H,18,19)/t10-/m1/s1. The van der Waals surface area contributed by atoms with Crippen LogP contribution in [0.3, 0.4) is 0 Å². The van der Waals surface area contributed by atoms with Crippen LogP contribution in [0.4, 0.5) is 0 Å². The third-order valence-electron chi connectivity index (χ3n) is 3.37. The summed E-state index contributed by atoms with van der Waals surface area (Å²) in [5, 5.41) is 8.94. The van der Waals surface area contributed by atoms with Crippen molar-refractivity contribution in [2.45, 2.75) is 12.5 Å². The number of rotatable bonds is 4. The average Bonchev–Trinajstić information content (AvgIpc) is 2.84. The van der Waals surface area contributed by atoms with Gasteiger partial charge in [0.1, 0.15) is 5.56 Å². The Labute approximate surface area is 110 Å². The summed E-state index contributed by atoms with van der Waals surface area (Å²) in [5.74, 6) is -1.19. The van der Waals surface area contributed by atoms with Crippen molar-refractivity contribution in [3.05, 3.63) is 45.7 Å². The summed E-state index contributed by atoms with van der Waals surface area (Å²) in [6.45, 7) is 9.46. The Bertz CT molecular complexity index is 573. The lowest BCUT2D eigenvalue weighted by Gasteiger charge is -2.15. The first-order valence-corrected chi connectivity index (χ1v) is 6.13. The van der Waals surface area contributed by atoms with Gasteiger partial charge in [-0.05, 0) is 18.6 Å². The van der Waals surface area contributed by atoms with Gasteiger partial charge in [-0.3, -0.25) is 9.69 Å². The molecule has 0 aromatic carbocycles. The highest BCUT2D eigenvalue weighted by atomic mass is 16.4. The molecule has 1 aromatic heterocycles. The van der Waals surface area contributed by atoms with Gasteiger partial charge in [0.05, 0.1) is 12.6 Å². The van der Waals surface area contributed by atoms with E-state index in [4.69, 9.17) is 11.7 Å². The molecule has 0 spiro atoms. The highest BCUT2D eigenvalue weighted by Crippen LogP contribution is 2.19. The third kappa shape index (κ3) is 2.83. The maximum Gasteiger partial charge on any atom is 0.341 e. The largest absolute Gasteiger partial charge is 0.477 e. The zero-order chi connectivity index (χ0) is 13.8. The Balaban J connectivity index is 2.16. The number of aromatic carboxylic acids is 1. The van der Waals surface area contributed by atoms with Crippen LogP contribution in [-0.2, 0) is 0 Å². The van der Waals surface area contributed by atoms with Crippen LogP contribution in [-0.4, -0.2) is 46.7 Å². The first kappa shape index (κ1) is 13.3. The van der Waals surface area contributed by atoms with Crippen LogP contribution < -0.4 is 5.56 Å². The van der Waals surface area contributed by atoms with Gasteiger partial charge in [-0.2, -0.15) is 0 Å². The lowest BCUT2D eigenvalue weighted by Crippen LogP contribution is -2.31. The lowest BCUT2D eigenvalue weighted by molar-refractivity contribution is 0.0694. The normalized spacial score (nSPS) is 19.2. The van der Waals surface area contributed by atoms with Crippen LogP contribution >= 0.6 is 0 Å². The molecule has 19 heavy (non-hydrogen) atoms. The van der Waals surface area contributed by atoms with Crippen molar-refractivity contribution in [2.24, 2.45) is 0 Å². The predicted molar refractivity (Wildman–Crippen MR) is 69.2 cm³/mol. The molecule has 0 saturated carbocycles. The molecule has 1 N–H and O–H groups in total. The van der Waals surface area contributed by atoms with Gasteiger partial charge in [0.2, 0.25) is 6.54 Å². The number of hydrogen-bond acceptors (Lipinski definition) is 3. The molecule has 0 radical (unpaired) electrons. The number of nitrogens with zero attached hydrogens (tertiary/aromatic N) is 3. The molecule has 100 valence electrons. The molecule has 0 aliphatic carbocycles. The molecule has 1 atom stereocenters. The summed E-state index contributed by atoms with van der Waals surface area (Å²) >= 11 is 0. The molecule has 1 saturated heterocycles. The summed E-state index contributed by atoms with van der Waals surface area (Å²) in [4.78, 5) is 28.4. The third-order valence-corrected chi connectivity index (χ3v) is 3.37. The molecule has 1 aliphatic rings. The summed E-state index contributed by atoms with van der Waals surface area (Å²) in [7, 11) is 0. The van der Waals surface area contributed by atoms with Gasteiger partial charge >= 0.3 is 5.97 Å². The van der Waals surface area contributed by atoms with Crippen molar-refractivity contribution >= 4 is 5.97 Å². The van der Waals surface area contributed by atoms with E-state index in [9.17, 15) is 9.59 Å². The molecule has 1 aromatic rings. The van der Waals surface area contributed by atoms with E-state index < -0.39 is 11.5 Å². The summed E-state index contributed by atoms with van der Waals surface area (Å²) in [6.07, 6.45) is 2.44. The molecule has 2 heterocycles. The zero-order valence-corrected chi connectivity index (χ0v) is 10.5. The van der Waals surface area contributed by atoms with Crippen LogP contribution in [0.2, 0.25) is 0 Å². The van der Waals surface area contributed by atoms with Crippen molar-refractivity contribution in [1.29, 1.82) is 0 Å². The Morgan fingerprint density at radius 3 is 3.05 bits per heavy atom. The van der Waals surface area contributed by atoms with Crippen molar-refractivity contribution in [3.8, 4) is 0 Å². The highest BCUT2D eigenvalue weighted by molar-refractivity contribution is 5.86. The number of pyridine rings is 1. The number of carboxylic acid groups (broad SMARTS) is 1. The van der Waals surface area contributed by atoms with Gasteiger partial charge in [-0.1, -0.05) is 0 Å². The highest BCUT2D eigenvalue weighted by Gasteiger charge is 2.25. The van der Waals surface area contributed by atoms with Crippen molar-refractivity contribution in [2.75, 3.05) is 26.2 Å². The fourth-order valence-electron chi connectivity index (χ4n) is 2.39. The van der Waals surface area contributed by atoms with E-state index in [-0.39, 0.29) is 11.6 Å². The van der Waals surface area contributed by atoms with E-state index in [1.54, 1.807) is 12.3 Å². The Morgan fingerprint density at radius 2 is 2.37 bits per heavy atom. The smallest absolute Gasteiger partial charge is 0.341 e. The number of carboxylic acids is 1. The van der Waals surface area contributed by atoms with Crippen molar-refractivity contribution in [3.63, 3.8) is 0 Å². The van der Waals surface area contributed by atoms with Crippen LogP contribution in [0.5, 0.6) is 0 Å². The summed E-state index contributed by atoms with van der Waals surface area (Å²) < 4.78 is 1.50. The van der Waals surface area contributed by atoms with E-state index in [2.05, 4.69) is 9.74 Å². The minimum atomic E-state index is -1.19. The molecule has 6 heteroatoms. The fraction of sp³-hybridized carbons (Fsp3) is 0.462. The van der Waals surface area contributed by atoms with Crippen molar-refractivity contribution in [1.82, 2.24) is 9.47 Å². The van der Waals surface area contributed by atoms with E-state index in [0.29, 0.717) is 19.6 Å². The van der Waals surface area contributed by atoms with Gasteiger partial charge in [-0.15, -0.1) is 0 Å². The maximum absolute atomic E-state index is 12.0. The average molecular weight is 261 g/mol. The first-order valence-electron chi connectivity index (χ1n) is 6.13. The second-order valence-electron chi connectivity index (χ2n) is 4.56. The van der Waals surface area contributed by atoms with E-state index in [1.165, 1.54) is 10.6 Å². The Morgan fingerprint density at radius 1 is 1.58 bits per heavy atom. The molecule has 6 nitrogen and oxygen atoms in total. The van der Waals surface area contributed by atoms with E-state index in [1.807, 2.05) is 0 Å². The topological polar surface area (TPSA) is 66.9 Å². The molecule has 1 fully saturated rings. The maximum atomic E-state index is 12.0. The van der Waals surface area contributed by atoms with Crippen LogP contribution in [0, 0.1) is 6.57 Å².